The van der Waals surface area contributed by atoms with E-state index >= 15 is 0 Å². The predicted octanol–water partition coefficient (Wildman–Crippen LogP) is 3.70. The van der Waals surface area contributed by atoms with Crippen LogP contribution >= 0.6 is 23.2 Å². The Morgan fingerprint density at radius 2 is 1.90 bits per heavy atom. The van der Waals surface area contributed by atoms with Crippen LogP contribution < -0.4 is 11.1 Å². The topological polar surface area (TPSA) is 83.8 Å². The van der Waals surface area contributed by atoms with E-state index in [2.05, 4.69) is 15.5 Å². The Labute approximate surface area is 130 Å². The van der Waals surface area contributed by atoms with Gasteiger partial charge >= 0.3 is 0 Å². The second-order valence-corrected chi connectivity index (χ2v) is 5.24. The SMILES string of the molecule is Nc1ccc2[nH]nc(C(=O)Nc3c(Cl)cccc3Cl)c2c1. The Balaban J connectivity index is 2.00. The van der Waals surface area contributed by atoms with Gasteiger partial charge in [0, 0.05) is 11.1 Å². The lowest BCUT2D eigenvalue weighted by Crippen LogP contribution is -2.13. The number of hydrogen-bond acceptors (Lipinski definition) is 3. The van der Waals surface area contributed by atoms with E-state index in [4.69, 9.17) is 28.9 Å². The summed E-state index contributed by atoms with van der Waals surface area (Å²) >= 11 is 12.1. The summed E-state index contributed by atoms with van der Waals surface area (Å²) in [6.45, 7) is 0. The summed E-state index contributed by atoms with van der Waals surface area (Å²) in [6, 6.07) is 10.2. The van der Waals surface area contributed by atoms with Crippen molar-refractivity contribution in [3.05, 3.63) is 52.1 Å². The Morgan fingerprint density at radius 1 is 1.19 bits per heavy atom. The predicted molar refractivity (Wildman–Crippen MR) is 84.9 cm³/mol. The highest BCUT2D eigenvalue weighted by Gasteiger charge is 2.17. The maximum Gasteiger partial charge on any atom is 0.276 e. The van der Waals surface area contributed by atoms with E-state index in [1.807, 2.05) is 0 Å². The number of nitrogen functional groups attached to an aromatic ring is 1. The van der Waals surface area contributed by atoms with Gasteiger partial charge in [0.05, 0.1) is 21.2 Å². The number of rotatable bonds is 2. The number of fused-ring (bicyclic) bond motifs is 1. The van der Waals surface area contributed by atoms with Crippen LogP contribution in [0.15, 0.2) is 36.4 Å². The van der Waals surface area contributed by atoms with Crippen molar-refractivity contribution in [3.8, 4) is 0 Å². The number of carbonyl (C=O) groups excluding carboxylic acids is 1. The van der Waals surface area contributed by atoms with E-state index < -0.39 is 5.91 Å². The van der Waals surface area contributed by atoms with E-state index in [0.29, 0.717) is 26.8 Å². The lowest BCUT2D eigenvalue weighted by Gasteiger charge is -2.07. The first kappa shape index (κ1) is 13.7. The van der Waals surface area contributed by atoms with Crippen molar-refractivity contribution >= 4 is 51.4 Å². The number of aromatic nitrogens is 2. The number of carbonyl (C=O) groups is 1. The van der Waals surface area contributed by atoms with Crippen LogP contribution in [0, 0.1) is 0 Å². The van der Waals surface area contributed by atoms with Gasteiger partial charge < -0.3 is 11.1 Å². The van der Waals surface area contributed by atoms with Crippen molar-refractivity contribution in [3.63, 3.8) is 0 Å². The van der Waals surface area contributed by atoms with Crippen molar-refractivity contribution < 1.29 is 4.79 Å². The molecule has 0 saturated heterocycles. The van der Waals surface area contributed by atoms with Gasteiger partial charge in [-0.05, 0) is 30.3 Å². The molecule has 1 aromatic heterocycles. The smallest absolute Gasteiger partial charge is 0.276 e. The zero-order valence-corrected chi connectivity index (χ0v) is 12.2. The van der Waals surface area contributed by atoms with E-state index in [-0.39, 0.29) is 5.69 Å². The van der Waals surface area contributed by atoms with Gasteiger partial charge in [0.1, 0.15) is 0 Å². The van der Waals surface area contributed by atoms with Crippen LogP contribution in [0.4, 0.5) is 11.4 Å². The number of anilines is 2. The second kappa shape index (κ2) is 5.27. The largest absolute Gasteiger partial charge is 0.399 e. The Bertz CT molecular complexity index is 824. The fourth-order valence-electron chi connectivity index (χ4n) is 1.99. The molecule has 5 nitrogen and oxygen atoms in total. The maximum absolute atomic E-state index is 12.4. The van der Waals surface area contributed by atoms with Crippen LogP contribution in [0.5, 0.6) is 0 Å². The van der Waals surface area contributed by atoms with Crippen molar-refractivity contribution in [1.29, 1.82) is 0 Å². The molecule has 0 radical (unpaired) electrons. The van der Waals surface area contributed by atoms with Gasteiger partial charge in [0.15, 0.2) is 5.69 Å². The zero-order chi connectivity index (χ0) is 15.0. The third-order valence-electron chi connectivity index (χ3n) is 3.00. The van der Waals surface area contributed by atoms with Gasteiger partial charge in [-0.25, -0.2) is 0 Å². The van der Waals surface area contributed by atoms with Crippen LogP contribution in [0.3, 0.4) is 0 Å². The van der Waals surface area contributed by atoms with Gasteiger partial charge in [-0.1, -0.05) is 29.3 Å². The minimum absolute atomic E-state index is 0.230. The number of nitrogens with two attached hydrogens (primary N) is 1. The normalized spacial score (nSPS) is 10.8. The lowest BCUT2D eigenvalue weighted by atomic mass is 10.2. The lowest BCUT2D eigenvalue weighted by molar-refractivity contribution is 0.102. The molecule has 0 unspecified atom stereocenters. The molecule has 1 heterocycles. The van der Waals surface area contributed by atoms with Gasteiger partial charge in [0.2, 0.25) is 0 Å². The number of halogens is 2. The van der Waals surface area contributed by atoms with Crippen LogP contribution in [0.2, 0.25) is 10.0 Å². The fourth-order valence-corrected chi connectivity index (χ4v) is 2.49. The first-order valence-electron chi connectivity index (χ1n) is 6.05. The molecule has 0 atom stereocenters. The maximum atomic E-state index is 12.4. The summed E-state index contributed by atoms with van der Waals surface area (Å²) in [7, 11) is 0. The summed E-state index contributed by atoms with van der Waals surface area (Å²) < 4.78 is 0. The highest BCUT2D eigenvalue weighted by molar-refractivity contribution is 6.40. The van der Waals surface area contributed by atoms with Crippen molar-refractivity contribution in [1.82, 2.24) is 10.2 Å². The number of hydrogen-bond donors (Lipinski definition) is 3. The molecule has 106 valence electrons. The molecular weight excluding hydrogens is 311 g/mol. The van der Waals surface area contributed by atoms with Crippen molar-refractivity contribution in [2.75, 3.05) is 11.1 Å². The van der Waals surface area contributed by atoms with Crippen LogP contribution in [-0.2, 0) is 0 Å². The second-order valence-electron chi connectivity index (χ2n) is 4.43. The highest BCUT2D eigenvalue weighted by Crippen LogP contribution is 2.30. The molecule has 0 fully saturated rings. The third kappa shape index (κ3) is 2.53. The molecule has 2 aromatic carbocycles. The van der Waals surface area contributed by atoms with E-state index in [1.54, 1.807) is 36.4 Å². The minimum atomic E-state index is -0.415. The molecule has 3 aromatic rings. The van der Waals surface area contributed by atoms with Gasteiger partial charge in [0.25, 0.3) is 5.91 Å². The monoisotopic (exact) mass is 320 g/mol. The highest BCUT2D eigenvalue weighted by atomic mass is 35.5. The standard InChI is InChI=1S/C14H10Cl2N4O/c15-9-2-1-3-10(16)13(9)18-14(21)12-8-6-7(17)4-5-11(8)19-20-12/h1-6H,17H2,(H,18,21)(H,19,20). The first-order chi connectivity index (χ1) is 10.1. The summed E-state index contributed by atoms with van der Waals surface area (Å²) in [6.07, 6.45) is 0. The summed E-state index contributed by atoms with van der Waals surface area (Å²) in [4.78, 5) is 12.4. The van der Waals surface area contributed by atoms with Crippen molar-refractivity contribution in [2.45, 2.75) is 0 Å². The average Bonchev–Trinajstić information content (AvgIpc) is 2.86. The first-order valence-corrected chi connectivity index (χ1v) is 6.81. The van der Waals surface area contributed by atoms with E-state index in [9.17, 15) is 4.79 Å². The number of para-hydroxylation sites is 1. The Morgan fingerprint density at radius 3 is 2.62 bits per heavy atom. The number of aromatic amines is 1. The molecule has 7 heteroatoms. The fraction of sp³-hybridized carbons (Fsp3) is 0. The van der Waals surface area contributed by atoms with Crippen LogP contribution in [0.25, 0.3) is 10.9 Å². The summed E-state index contributed by atoms with van der Waals surface area (Å²) in [5.74, 6) is -0.415. The molecule has 21 heavy (non-hydrogen) atoms. The van der Waals surface area contributed by atoms with Crippen LogP contribution in [-0.4, -0.2) is 16.1 Å². The van der Waals surface area contributed by atoms with E-state index in [0.717, 1.165) is 5.52 Å². The molecule has 3 rings (SSSR count). The van der Waals surface area contributed by atoms with Gasteiger partial charge in [-0.2, -0.15) is 5.10 Å². The molecule has 0 bridgehead atoms. The zero-order valence-electron chi connectivity index (χ0n) is 10.7. The van der Waals surface area contributed by atoms with Gasteiger partial charge in [-0.15, -0.1) is 0 Å². The molecule has 0 spiro atoms. The number of amides is 1. The number of H-pyrrole nitrogens is 1. The molecule has 1 amide bonds. The van der Waals surface area contributed by atoms with E-state index in [1.165, 1.54) is 0 Å². The molecule has 0 aliphatic carbocycles. The molecule has 0 aliphatic rings. The Hall–Kier alpha value is -2.24. The van der Waals surface area contributed by atoms with Crippen LogP contribution in [0.1, 0.15) is 10.5 Å². The summed E-state index contributed by atoms with van der Waals surface area (Å²) in [5.41, 5.74) is 7.59. The third-order valence-corrected chi connectivity index (χ3v) is 3.63. The quantitative estimate of drug-likeness (QED) is 0.629. The number of benzene rings is 2. The number of nitrogens with zero attached hydrogens (tertiary/aromatic N) is 1. The molecule has 4 N–H and O–H groups in total. The number of nitrogens with one attached hydrogen (secondary N) is 2. The van der Waals surface area contributed by atoms with Crippen molar-refractivity contribution in [2.24, 2.45) is 0 Å². The summed E-state index contributed by atoms with van der Waals surface area (Å²) in [5, 5.41) is 10.8. The van der Waals surface area contributed by atoms with Gasteiger partial charge in [-0.3, -0.25) is 9.89 Å². The molecule has 0 saturated carbocycles. The molecule has 0 aliphatic heterocycles. The average molecular weight is 321 g/mol. The minimum Gasteiger partial charge on any atom is -0.399 e. The Kier molecular flexibility index (Phi) is 3.45. The molecular formula is C14H10Cl2N4O.